The lowest BCUT2D eigenvalue weighted by Crippen LogP contribution is -2.41. The van der Waals surface area contributed by atoms with Crippen LogP contribution in [0.2, 0.25) is 0 Å². The van der Waals surface area contributed by atoms with Gasteiger partial charge in [-0.2, -0.15) is 4.31 Å². The molecule has 0 saturated carbocycles. The number of carbonyl (C=O) groups excluding carboxylic acids is 1. The number of carbonyl (C=O) groups is 1. The summed E-state index contributed by atoms with van der Waals surface area (Å²) in [6.07, 6.45) is 6.29. The van der Waals surface area contributed by atoms with Crippen molar-refractivity contribution in [3.05, 3.63) is 90.0 Å². The second-order valence-corrected chi connectivity index (χ2v) is 9.72. The minimum Gasteiger partial charge on any atom is -0.326 e. The molecule has 1 saturated heterocycles. The zero-order chi connectivity index (χ0) is 23.3. The monoisotopic (exact) mass is 465 g/mol. The van der Waals surface area contributed by atoms with Crippen molar-refractivity contribution in [2.45, 2.75) is 17.7 Å². The lowest BCUT2D eigenvalue weighted by atomic mass is 9.97. The van der Waals surface area contributed by atoms with Crippen molar-refractivity contribution in [1.82, 2.24) is 9.29 Å². The van der Waals surface area contributed by atoms with E-state index in [1.165, 1.54) is 22.5 Å². The molecule has 1 fully saturated rings. The molecule has 0 unspecified atom stereocenters. The third-order valence-corrected chi connectivity index (χ3v) is 7.50. The van der Waals surface area contributed by atoms with Gasteiger partial charge in [0.05, 0.1) is 5.69 Å². The molecule has 8 heteroatoms. The summed E-state index contributed by atoms with van der Waals surface area (Å²) in [6, 6.07) is 18.5. The molecule has 0 bridgehead atoms. The maximum Gasteiger partial charge on any atom is 0.245 e. The largest absolute Gasteiger partial charge is 0.326 e. The first-order chi connectivity index (χ1) is 15.9. The van der Waals surface area contributed by atoms with Gasteiger partial charge in [-0.1, -0.05) is 36.4 Å². The smallest absolute Gasteiger partial charge is 0.245 e. The van der Waals surface area contributed by atoms with Crippen LogP contribution in [0, 0.1) is 11.7 Å². The second-order valence-electron chi connectivity index (χ2n) is 7.81. The highest BCUT2D eigenvalue weighted by atomic mass is 32.2. The van der Waals surface area contributed by atoms with Gasteiger partial charge in [-0.3, -0.25) is 9.78 Å². The molecule has 2 heterocycles. The fourth-order valence-electron chi connectivity index (χ4n) is 3.77. The van der Waals surface area contributed by atoms with Gasteiger partial charge >= 0.3 is 0 Å². The van der Waals surface area contributed by atoms with Crippen LogP contribution in [0.15, 0.2) is 77.8 Å². The maximum atomic E-state index is 14.0. The van der Waals surface area contributed by atoms with Gasteiger partial charge in [-0.15, -0.1) is 0 Å². The minimum absolute atomic E-state index is 0.149. The molecule has 0 atom stereocenters. The van der Waals surface area contributed by atoms with Gasteiger partial charge < -0.3 is 5.32 Å². The number of nitrogens with one attached hydrogen (secondary N) is 1. The molecule has 170 valence electrons. The number of pyridine rings is 1. The predicted octanol–water partition coefficient (Wildman–Crippen LogP) is 4.43. The first-order valence-electron chi connectivity index (χ1n) is 10.7. The van der Waals surface area contributed by atoms with Crippen LogP contribution < -0.4 is 5.32 Å². The molecule has 1 aromatic heterocycles. The van der Waals surface area contributed by atoms with E-state index >= 15 is 0 Å². The van der Waals surface area contributed by atoms with E-state index in [1.807, 2.05) is 54.6 Å². The molecule has 33 heavy (non-hydrogen) atoms. The van der Waals surface area contributed by atoms with Gasteiger partial charge in [0.1, 0.15) is 10.7 Å². The summed E-state index contributed by atoms with van der Waals surface area (Å²) in [5.41, 5.74) is 2.43. The van der Waals surface area contributed by atoms with Crippen LogP contribution in [-0.4, -0.2) is 36.7 Å². The molecule has 3 aromatic rings. The number of sulfonamides is 1. The van der Waals surface area contributed by atoms with E-state index in [-0.39, 0.29) is 29.8 Å². The summed E-state index contributed by atoms with van der Waals surface area (Å²) >= 11 is 0. The van der Waals surface area contributed by atoms with Crippen molar-refractivity contribution in [2.75, 3.05) is 18.4 Å². The Morgan fingerprint density at radius 2 is 1.76 bits per heavy atom. The fourth-order valence-corrected chi connectivity index (χ4v) is 5.31. The zero-order valence-electron chi connectivity index (χ0n) is 17.9. The van der Waals surface area contributed by atoms with E-state index in [0.717, 1.165) is 17.3 Å². The lowest BCUT2D eigenvalue weighted by molar-refractivity contribution is -0.120. The Bertz CT molecular complexity index is 1250. The van der Waals surface area contributed by atoms with Crippen LogP contribution in [0.4, 0.5) is 10.1 Å². The van der Waals surface area contributed by atoms with Gasteiger partial charge in [0.15, 0.2) is 0 Å². The number of amides is 1. The number of nitrogens with zero attached hydrogens (tertiary/aromatic N) is 2. The summed E-state index contributed by atoms with van der Waals surface area (Å²) in [5.74, 6) is -1.23. The van der Waals surface area contributed by atoms with Crippen LogP contribution in [0.3, 0.4) is 0 Å². The third-order valence-electron chi connectivity index (χ3n) is 5.57. The topological polar surface area (TPSA) is 79.4 Å². The minimum atomic E-state index is -3.92. The van der Waals surface area contributed by atoms with E-state index in [1.54, 1.807) is 6.20 Å². The van der Waals surface area contributed by atoms with Crippen LogP contribution in [-0.2, 0) is 14.8 Å². The van der Waals surface area contributed by atoms with Gasteiger partial charge in [-0.05, 0) is 60.9 Å². The molecule has 0 spiro atoms. The molecule has 0 radical (unpaired) electrons. The molecular formula is C25H24FN3O3S. The Kier molecular flexibility index (Phi) is 6.96. The number of halogens is 1. The number of benzene rings is 2. The quantitative estimate of drug-likeness (QED) is 0.584. The van der Waals surface area contributed by atoms with Crippen molar-refractivity contribution in [2.24, 2.45) is 5.92 Å². The summed E-state index contributed by atoms with van der Waals surface area (Å²) in [5, 5.41) is 2.93. The molecule has 1 aliphatic heterocycles. The molecule has 6 nitrogen and oxygen atoms in total. The second kappa shape index (κ2) is 10.1. The molecular weight excluding hydrogens is 441 g/mol. The molecule has 0 aliphatic carbocycles. The van der Waals surface area contributed by atoms with Crippen LogP contribution in [0.5, 0.6) is 0 Å². The van der Waals surface area contributed by atoms with Gasteiger partial charge in [0, 0.05) is 30.9 Å². The molecule has 1 N–H and O–H groups in total. The normalized spacial score (nSPS) is 15.5. The van der Waals surface area contributed by atoms with E-state index in [0.29, 0.717) is 18.5 Å². The Balaban J connectivity index is 1.36. The van der Waals surface area contributed by atoms with Crippen molar-refractivity contribution in [1.29, 1.82) is 0 Å². The first kappa shape index (κ1) is 22.8. The number of piperidine rings is 1. The van der Waals surface area contributed by atoms with E-state index < -0.39 is 15.8 Å². The fraction of sp³-hybridized carbons (Fsp3) is 0.200. The van der Waals surface area contributed by atoms with E-state index in [4.69, 9.17) is 0 Å². The molecule has 1 aliphatic rings. The van der Waals surface area contributed by atoms with Gasteiger partial charge in [-0.25, -0.2) is 12.8 Å². The molecule has 4 rings (SSSR count). The summed E-state index contributed by atoms with van der Waals surface area (Å²) in [7, 11) is -3.92. The Labute approximate surface area is 192 Å². The highest BCUT2D eigenvalue weighted by Gasteiger charge is 2.33. The average Bonchev–Trinajstić information content (AvgIpc) is 2.84. The third kappa shape index (κ3) is 5.53. The summed E-state index contributed by atoms with van der Waals surface area (Å²) in [6.45, 7) is 0.337. The summed E-state index contributed by atoms with van der Waals surface area (Å²) < 4.78 is 40.7. The average molecular weight is 466 g/mol. The van der Waals surface area contributed by atoms with Crippen molar-refractivity contribution < 1.29 is 17.6 Å². The van der Waals surface area contributed by atoms with Crippen LogP contribution >= 0.6 is 0 Å². The lowest BCUT2D eigenvalue weighted by Gasteiger charge is -2.30. The zero-order valence-corrected chi connectivity index (χ0v) is 18.7. The standard InChI is InChI=1S/C25H24FN3O3S/c26-23-9-1-2-10-24(23)33(31,32)29-16-13-20(14-17-29)25(30)28-22-8-5-6-19(18-22)11-12-21-7-3-4-15-27-21/h1-12,15,18,20H,13-14,16-17H2,(H,28,30)/b12-11+. The maximum absolute atomic E-state index is 14.0. The highest BCUT2D eigenvalue weighted by molar-refractivity contribution is 7.89. The first-order valence-corrected chi connectivity index (χ1v) is 12.1. The Morgan fingerprint density at radius 3 is 2.48 bits per heavy atom. The van der Waals surface area contributed by atoms with Crippen molar-refractivity contribution in [3.63, 3.8) is 0 Å². The van der Waals surface area contributed by atoms with Crippen LogP contribution in [0.25, 0.3) is 12.2 Å². The van der Waals surface area contributed by atoms with Gasteiger partial charge in [0.25, 0.3) is 0 Å². The van der Waals surface area contributed by atoms with Crippen molar-refractivity contribution in [3.8, 4) is 0 Å². The number of anilines is 1. The van der Waals surface area contributed by atoms with Crippen molar-refractivity contribution >= 4 is 33.8 Å². The van der Waals surface area contributed by atoms with Gasteiger partial charge in [0.2, 0.25) is 15.9 Å². The number of rotatable bonds is 6. The molecule has 2 aromatic carbocycles. The Hall–Kier alpha value is -3.36. The number of aromatic nitrogens is 1. The molecule has 1 amide bonds. The van der Waals surface area contributed by atoms with E-state index in [9.17, 15) is 17.6 Å². The highest BCUT2D eigenvalue weighted by Crippen LogP contribution is 2.26. The van der Waals surface area contributed by atoms with Crippen LogP contribution in [0.1, 0.15) is 24.1 Å². The number of hydrogen-bond donors (Lipinski definition) is 1. The summed E-state index contributed by atoms with van der Waals surface area (Å²) in [4.78, 5) is 16.7. The number of hydrogen-bond acceptors (Lipinski definition) is 4. The Morgan fingerprint density at radius 1 is 1.00 bits per heavy atom. The predicted molar refractivity (Wildman–Crippen MR) is 126 cm³/mol. The SMILES string of the molecule is O=C(Nc1cccc(/C=C/c2ccccn2)c1)C1CCN(S(=O)(=O)c2ccccc2F)CC1. The van der Waals surface area contributed by atoms with E-state index in [2.05, 4.69) is 10.3 Å².